The number of nitrogens with one attached hydrogen (secondary N) is 1. The van der Waals surface area contributed by atoms with Crippen molar-refractivity contribution in [3.8, 4) is 5.75 Å². The fraction of sp³-hybridized carbons (Fsp3) is 0.429. The second-order valence-electron chi connectivity index (χ2n) is 5.87. The molecule has 3 rings (SSSR count). The van der Waals surface area contributed by atoms with Crippen molar-refractivity contribution in [1.29, 1.82) is 0 Å². The fourth-order valence-corrected chi connectivity index (χ4v) is 3.35. The molecular weight excluding hydrogens is 377 g/mol. The number of ether oxygens (including phenoxy) is 1. The van der Waals surface area contributed by atoms with Crippen LogP contribution in [0.2, 0.25) is 0 Å². The normalized spacial score (nSPS) is 16.9. The molecular formula is C14H15F3N4O4S. The number of halogens is 3. The van der Waals surface area contributed by atoms with E-state index in [4.69, 9.17) is 10.3 Å². The summed E-state index contributed by atoms with van der Waals surface area (Å²) in [7, 11) is -3.98. The van der Waals surface area contributed by atoms with E-state index < -0.39 is 27.7 Å². The quantitative estimate of drug-likeness (QED) is 0.769. The van der Waals surface area contributed by atoms with E-state index in [0.29, 0.717) is 5.82 Å². The summed E-state index contributed by atoms with van der Waals surface area (Å²) >= 11 is 0. The molecule has 0 amide bonds. The number of sulfonamides is 1. The van der Waals surface area contributed by atoms with E-state index in [1.807, 2.05) is 0 Å². The lowest BCUT2D eigenvalue weighted by atomic mass is 9.77. The summed E-state index contributed by atoms with van der Waals surface area (Å²) in [4.78, 5) is 3.85. The maximum Gasteiger partial charge on any atom is 0.573 e. The average molecular weight is 392 g/mol. The van der Waals surface area contributed by atoms with Crippen molar-refractivity contribution in [1.82, 2.24) is 14.9 Å². The lowest BCUT2D eigenvalue weighted by Crippen LogP contribution is -2.44. The van der Waals surface area contributed by atoms with Crippen molar-refractivity contribution >= 4 is 10.0 Å². The Balaban J connectivity index is 1.64. The number of benzene rings is 1. The largest absolute Gasteiger partial charge is 0.573 e. The lowest BCUT2D eigenvalue weighted by Gasteiger charge is -2.34. The van der Waals surface area contributed by atoms with Gasteiger partial charge in [-0.2, -0.15) is 4.98 Å². The predicted molar refractivity (Wildman–Crippen MR) is 81.2 cm³/mol. The molecule has 1 saturated carbocycles. The van der Waals surface area contributed by atoms with Gasteiger partial charge in [0.25, 0.3) is 0 Å². The second kappa shape index (κ2) is 6.52. The third kappa shape index (κ3) is 4.14. The molecule has 142 valence electrons. The molecule has 1 aliphatic carbocycles. The monoisotopic (exact) mass is 392 g/mol. The molecule has 0 bridgehead atoms. The van der Waals surface area contributed by atoms with Gasteiger partial charge in [-0.3, -0.25) is 0 Å². The van der Waals surface area contributed by atoms with Gasteiger partial charge in [-0.1, -0.05) is 5.16 Å². The van der Waals surface area contributed by atoms with Crippen LogP contribution in [0.3, 0.4) is 0 Å². The highest BCUT2D eigenvalue weighted by Gasteiger charge is 2.39. The molecule has 0 atom stereocenters. The molecule has 3 N–H and O–H groups in total. The van der Waals surface area contributed by atoms with E-state index in [1.165, 1.54) is 0 Å². The maximum absolute atomic E-state index is 12.2. The second-order valence-corrected chi connectivity index (χ2v) is 7.63. The van der Waals surface area contributed by atoms with E-state index in [9.17, 15) is 21.6 Å². The van der Waals surface area contributed by atoms with Crippen LogP contribution in [0.5, 0.6) is 5.75 Å². The minimum Gasteiger partial charge on any atom is -0.406 e. The Bertz CT molecular complexity index is 876. The van der Waals surface area contributed by atoms with Gasteiger partial charge in [-0.05, 0) is 43.5 Å². The van der Waals surface area contributed by atoms with Crippen LogP contribution >= 0.6 is 0 Å². The standard InChI is InChI=1S/C14H15F3N4O4S/c15-14(16,17)24-9-2-4-10(5-3-9)26(22,23)19-8-11-20-12(21-25-11)13(18)6-1-7-13/h2-5,19H,1,6-8,18H2. The Morgan fingerprint density at radius 3 is 2.46 bits per heavy atom. The van der Waals surface area contributed by atoms with Gasteiger partial charge in [0.1, 0.15) is 5.75 Å². The van der Waals surface area contributed by atoms with Crippen LogP contribution in [-0.4, -0.2) is 24.9 Å². The average Bonchev–Trinajstić information content (AvgIpc) is 2.99. The molecule has 12 heteroatoms. The molecule has 0 unspecified atom stereocenters. The van der Waals surface area contributed by atoms with E-state index in [-0.39, 0.29) is 17.3 Å². The van der Waals surface area contributed by atoms with Gasteiger partial charge in [0.05, 0.1) is 17.0 Å². The Hall–Kier alpha value is -2.18. The van der Waals surface area contributed by atoms with Gasteiger partial charge in [0.15, 0.2) is 5.82 Å². The Morgan fingerprint density at radius 2 is 1.92 bits per heavy atom. The molecule has 0 saturated heterocycles. The molecule has 0 radical (unpaired) electrons. The summed E-state index contributed by atoms with van der Waals surface area (Å²) in [5.74, 6) is -0.157. The number of aromatic nitrogens is 2. The number of nitrogens with zero attached hydrogens (tertiary/aromatic N) is 2. The molecule has 0 aliphatic heterocycles. The predicted octanol–water partition coefficient (Wildman–Crippen LogP) is 1.78. The van der Waals surface area contributed by atoms with Gasteiger partial charge < -0.3 is 15.0 Å². The molecule has 1 heterocycles. The zero-order valence-corrected chi connectivity index (χ0v) is 14.1. The van der Waals surface area contributed by atoms with E-state index in [1.54, 1.807) is 0 Å². The first kappa shape index (κ1) is 18.6. The Labute approximate surface area is 146 Å². The molecule has 8 nitrogen and oxygen atoms in total. The third-order valence-corrected chi connectivity index (χ3v) is 5.36. The topological polar surface area (TPSA) is 120 Å². The first-order valence-corrected chi connectivity index (χ1v) is 9.03. The Kier molecular flexibility index (Phi) is 4.67. The molecule has 1 aromatic carbocycles. The van der Waals surface area contributed by atoms with Crippen LogP contribution in [0.1, 0.15) is 31.0 Å². The van der Waals surface area contributed by atoms with Crippen LogP contribution in [0, 0.1) is 0 Å². The van der Waals surface area contributed by atoms with Crippen molar-refractivity contribution in [2.24, 2.45) is 5.73 Å². The van der Waals surface area contributed by atoms with Gasteiger partial charge in [0.2, 0.25) is 15.9 Å². The number of rotatable bonds is 6. The molecule has 1 aliphatic rings. The highest BCUT2D eigenvalue weighted by atomic mass is 32.2. The molecule has 1 fully saturated rings. The molecule has 0 spiro atoms. The third-order valence-electron chi connectivity index (χ3n) is 3.94. The van der Waals surface area contributed by atoms with Gasteiger partial charge in [-0.25, -0.2) is 13.1 Å². The maximum atomic E-state index is 12.2. The van der Waals surface area contributed by atoms with E-state index in [0.717, 1.165) is 43.5 Å². The van der Waals surface area contributed by atoms with Crippen molar-refractivity contribution in [2.45, 2.75) is 42.6 Å². The summed E-state index contributed by atoms with van der Waals surface area (Å²) < 4.78 is 71.6. The number of hydrogen-bond donors (Lipinski definition) is 2. The minimum atomic E-state index is -4.85. The number of nitrogens with two attached hydrogens (primary N) is 1. The number of hydrogen-bond acceptors (Lipinski definition) is 7. The van der Waals surface area contributed by atoms with Crippen LogP contribution in [0.15, 0.2) is 33.7 Å². The van der Waals surface area contributed by atoms with Crippen LogP contribution < -0.4 is 15.2 Å². The lowest BCUT2D eigenvalue weighted by molar-refractivity contribution is -0.274. The number of alkyl halides is 3. The van der Waals surface area contributed by atoms with Crippen molar-refractivity contribution in [2.75, 3.05) is 0 Å². The van der Waals surface area contributed by atoms with E-state index >= 15 is 0 Å². The van der Waals surface area contributed by atoms with Crippen LogP contribution in [-0.2, 0) is 22.1 Å². The zero-order chi connectivity index (χ0) is 19.0. The summed E-state index contributed by atoms with van der Waals surface area (Å²) in [5.41, 5.74) is 5.42. The summed E-state index contributed by atoms with van der Waals surface area (Å²) in [5, 5.41) is 3.76. The highest BCUT2D eigenvalue weighted by Crippen LogP contribution is 2.36. The Morgan fingerprint density at radius 1 is 1.27 bits per heavy atom. The molecule has 26 heavy (non-hydrogen) atoms. The zero-order valence-electron chi connectivity index (χ0n) is 13.3. The summed E-state index contributed by atoms with van der Waals surface area (Å²) in [6.07, 6.45) is -2.44. The first-order valence-electron chi connectivity index (χ1n) is 7.55. The molecule has 1 aromatic heterocycles. The van der Waals surface area contributed by atoms with Crippen LogP contribution in [0.4, 0.5) is 13.2 Å². The summed E-state index contributed by atoms with van der Waals surface area (Å²) in [6.45, 7) is -0.272. The van der Waals surface area contributed by atoms with E-state index in [2.05, 4.69) is 19.6 Å². The summed E-state index contributed by atoms with van der Waals surface area (Å²) in [6, 6.07) is 3.79. The van der Waals surface area contributed by atoms with Gasteiger partial charge in [-0.15, -0.1) is 13.2 Å². The fourth-order valence-electron chi connectivity index (χ4n) is 2.37. The van der Waals surface area contributed by atoms with Crippen LogP contribution in [0.25, 0.3) is 0 Å². The minimum absolute atomic E-state index is 0.0392. The smallest absolute Gasteiger partial charge is 0.406 e. The highest BCUT2D eigenvalue weighted by molar-refractivity contribution is 7.89. The van der Waals surface area contributed by atoms with Crippen molar-refractivity contribution in [3.63, 3.8) is 0 Å². The molecule has 2 aromatic rings. The van der Waals surface area contributed by atoms with Crippen molar-refractivity contribution < 1.29 is 30.8 Å². The van der Waals surface area contributed by atoms with Gasteiger partial charge >= 0.3 is 6.36 Å². The first-order chi connectivity index (χ1) is 12.1. The van der Waals surface area contributed by atoms with Gasteiger partial charge in [0, 0.05) is 0 Å². The SMILES string of the molecule is NC1(c2noc(CNS(=O)(=O)c3ccc(OC(F)(F)F)cc3)n2)CCC1. The van der Waals surface area contributed by atoms with Crippen molar-refractivity contribution in [3.05, 3.63) is 36.0 Å².